The predicted octanol–water partition coefficient (Wildman–Crippen LogP) is 3.30. The number of benzene rings is 1. The molecule has 1 rings (SSSR count). The van der Waals surface area contributed by atoms with E-state index in [1.165, 1.54) is 0 Å². The summed E-state index contributed by atoms with van der Waals surface area (Å²) in [6.07, 6.45) is 3.59. The molecule has 0 spiro atoms. The average molecular weight is 248 g/mol. The maximum atomic E-state index is 11.4. The molecular weight excluding hydrogens is 228 g/mol. The maximum Gasteiger partial charge on any atom is 0.311 e. The van der Waals surface area contributed by atoms with Crippen molar-refractivity contribution >= 4 is 11.8 Å². The van der Waals surface area contributed by atoms with Crippen LogP contribution in [0.1, 0.15) is 45.1 Å². The van der Waals surface area contributed by atoms with Crippen molar-refractivity contribution in [1.82, 2.24) is 0 Å². The lowest BCUT2D eigenvalue weighted by molar-refractivity contribution is -0.134. The molecular formula is C15H20O3. The zero-order chi connectivity index (χ0) is 13.4. The highest BCUT2D eigenvalue weighted by molar-refractivity contribution is 5.75. The second kappa shape index (κ2) is 7.64. The molecule has 0 aliphatic carbocycles. The monoisotopic (exact) mass is 248 g/mol. The van der Waals surface area contributed by atoms with Crippen LogP contribution in [0.15, 0.2) is 24.3 Å². The summed E-state index contributed by atoms with van der Waals surface area (Å²) in [5.41, 5.74) is 1.08. The number of hydrogen-bond acceptors (Lipinski definition) is 3. The molecule has 0 saturated carbocycles. The summed E-state index contributed by atoms with van der Waals surface area (Å²) in [5, 5.41) is 0. The number of ether oxygens (including phenoxy) is 1. The van der Waals surface area contributed by atoms with Gasteiger partial charge in [-0.15, -0.1) is 0 Å². The summed E-state index contributed by atoms with van der Waals surface area (Å²) < 4.78 is 5.19. The Bertz CT molecular complexity index is 393. The zero-order valence-corrected chi connectivity index (χ0v) is 11.1. The molecule has 0 heterocycles. The molecule has 0 fully saturated rings. The van der Waals surface area contributed by atoms with Crippen LogP contribution < -0.4 is 4.74 Å². The van der Waals surface area contributed by atoms with Crippen LogP contribution in [-0.2, 0) is 16.0 Å². The molecule has 0 unspecified atom stereocenters. The molecule has 0 saturated heterocycles. The molecule has 0 aromatic heterocycles. The van der Waals surface area contributed by atoms with E-state index in [9.17, 15) is 9.59 Å². The van der Waals surface area contributed by atoms with Gasteiger partial charge in [-0.1, -0.05) is 25.5 Å². The number of rotatable bonds is 7. The molecule has 18 heavy (non-hydrogen) atoms. The van der Waals surface area contributed by atoms with Gasteiger partial charge >= 0.3 is 5.97 Å². The first-order chi connectivity index (χ1) is 8.61. The third-order valence-electron chi connectivity index (χ3n) is 2.66. The Hall–Kier alpha value is -1.64. The Balaban J connectivity index is 2.44. The molecule has 0 amide bonds. The molecule has 0 bridgehead atoms. The highest BCUT2D eigenvalue weighted by atomic mass is 16.5. The first-order valence-corrected chi connectivity index (χ1v) is 6.41. The Labute approximate surface area is 108 Å². The van der Waals surface area contributed by atoms with Gasteiger partial charge in [0.05, 0.1) is 0 Å². The van der Waals surface area contributed by atoms with Gasteiger partial charge < -0.3 is 9.53 Å². The fourth-order valence-corrected chi connectivity index (χ4v) is 1.55. The normalized spacial score (nSPS) is 10.1. The van der Waals surface area contributed by atoms with Crippen molar-refractivity contribution in [3.8, 4) is 5.75 Å². The number of hydrogen-bond donors (Lipinski definition) is 0. The topological polar surface area (TPSA) is 43.4 Å². The van der Waals surface area contributed by atoms with Crippen molar-refractivity contribution in [3.05, 3.63) is 29.8 Å². The summed E-state index contributed by atoms with van der Waals surface area (Å²) >= 11 is 0. The fraction of sp³-hybridized carbons (Fsp3) is 0.467. The Morgan fingerprint density at radius 3 is 2.33 bits per heavy atom. The van der Waals surface area contributed by atoms with Crippen LogP contribution in [0.3, 0.4) is 0 Å². The summed E-state index contributed by atoms with van der Waals surface area (Å²) in [6.45, 7) is 3.63. The molecule has 0 aliphatic heterocycles. The lowest BCUT2D eigenvalue weighted by atomic mass is 10.1. The Morgan fingerprint density at radius 1 is 1.11 bits per heavy atom. The van der Waals surface area contributed by atoms with Gasteiger partial charge in [-0.2, -0.15) is 0 Å². The van der Waals surface area contributed by atoms with Crippen LogP contribution in [0.25, 0.3) is 0 Å². The second-order valence-electron chi connectivity index (χ2n) is 4.42. The maximum absolute atomic E-state index is 11.4. The van der Waals surface area contributed by atoms with Gasteiger partial charge in [0, 0.05) is 12.8 Å². The predicted molar refractivity (Wildman–Crippen MR) is 70.6 cm³/mol. The molecule has 1 aromatic carbocycles. The van der Waals surface area contributed by atoms with Crippen molar-refractivity contribution in [3.63, 3.8) is 0 Å². The van der Waals surface area contributed by atoms with Crippen LogP contribution in [-0.4, -0.2) is 11.8 Å². The van der Waals surface area contributed by atoms with Crippen LogP contribution >= 0.6 is 0 Å². The first kappa shape index (κ1) is 14.4. The van der Waals surface area contributed by atoms with Crippen LogP contribution in [0.2, 0.25) is 0 Å². The Morgan fingerprint density at radius 2 is 1.78 bits per heavy atom. The SMILES string of the molecule is CCCCC(=O)Oc1ccc(CCC(C)=O)cc1. The molecule has 0 N–H and O–H groups in total. The Kier molecular flexibility index (Phi) is 6.12. The second-order valence-corrected chi connectivity index (χ2v) is 4.42. The van der Waals surface area contributed by atoms with Crippen LogP contribution in [0.4, 0.5) is 0 Å². The first-order valence-electron chi connectivity index (χ1n) is 6.41. The molecule has 0 radical (unpaired) electrons. The van der Waals surface area contributed by atoms with Crippen LogP contribution in [0.5, 0.6) is 5.75 Å². The van der Waals surface area contributed by atoms with Crippen LogP contribution in [0, 0.1) is 0 Å². The van der Waals surface area contributed by atoms with Gasteiger partial charge in [0.1, 0.15) is 11.5 Å². The largest absolute Gasteiger partial charge is 0.427 e. The van der Waals surface area contributed by atoms with E-state index in [0.29, 0.717) is 18.6 Å². The van der Waals surface area contributed by atoms with Gasteiger partial charge in [0.25, 0.3) is 0 Å². The number of esters is 1. The van der Waals surface area contributed by atoms with E-state index in [1.807, 2.05) is 19.1 Å². The number of ketones is 1. The van der Waals surface area contributed by atoms with E-state index in [-0.39, 0.29) is 11.8 Å². The minimum Gasteiger partial charge on any atom is -0.427 e. The van der Waals surface area contributed by atoms with Crippen molar-refractivity contribution in [1.29, 1.82) is 0 Å². The zero-order valence-electron chi connectivity index (χ0n) is 11.1. The highest BCUT2D eigenvalue weighted by Gasteiger charge is 2.04. The number of carbonyl (C=O) groups is 2. The highest BCUT2D eigenvalue weighted by Crippen LogP contribution is 2.14. The van der Waals surface area contributed by atoms with E-state index in [4.69, 9.17) is 4.74 Å². The van der Waals surface area contributed by atoms with E-state index < -0.39 is 0 Å². The summed E-state index contributed by atoms with van der Waals surface area (Å²) in [4.78, 5) is 22.3. The lowest BCUT2D eigenvalue weighted by Crippen LogP contribution is -2.07. The van der Waals surface area contributed by atoms with Gasteiger partial charge in [0.2, 0.25) is 0 Å². The molecule has 98 valence electrons. The van der Waals surface area contributed by atoms with E-state index in [1.54, 1.807) is 19.1 Å². The summed E-state index contributed by atoms with van der Waals surface area (Å²) in [6, 6.07) is 7.34. The van der Waals surface area contributed by atoms with Gasteiger partial charge in [0.15, 0.2) is 0 Å². The van der Waals surface area contributed by atoms with Gasteiger partial charge in [-0.3, -0.25) is 4.79 Å². The molecule has 3 nitrogen and oxygen atoms in total. The number of aryl methyl sites for hydroxylation is 1. The van der Waals surface area contributed by atoms with Crippen molar-refractivity contribution < 1.29 is 14.3 Å². The summed E-state index contributed by atoms with van der Waals surface area (Å²) in [7, 11) is 0. The molecule has 0 atom stereocenters. The van der Waals surface area contributed by atoms with E-state index in [2.05, 4.69) is 0 Å². The van der Waals surface area contributed by atoms with E-state index >= 15 is 0 Å². The minimum atomic E-state index is -0.187. The van der Waals surface area contributed by atoms with Crippen molar-refractivity contribution in [2.75, 3.05) is 0 Å². The van der Waals surface area contributed by atoms with Crippen molar-refractivity contribution in [2.24, 2.45) is 0 Å². The molecule has 0 aliphatic rings. The standard InChI is InChI=1S/C15H20O3/c1-3-4-5-15(17)18-14-10-8-13(9-11-14)7-6-12(2)16/h8-11H,3-7H2,1-2H3. The van der Waals surface area contributed by atoms with Gasteiger partial charge in [-0.05, 0) is 37.5 Å². The minimum absolute atomic E-state index is 0.185. The van der Waals surface area contributed by atoms with Gasteiger partial charge in [-0.25, -0.2) is 0 Å². The third-order valence-corrected chi connectivity index (χ3v) is 2.66. The van der Waals surface area contributed by atoms with Crippen molar-refractivity contribution in [2.45, 2.75) is 46.0 Å². The fourth-order valence-electron chi connectivity index (χ4n) is 1.55. The van der Waals surface area contributed by atoms with E-state index in [0.717, 1.165) is 24.8 Å². The molecule has 1 aromatic rings. The smallest absolute Gasteiger partial charge is 0.311 e. The number of unbranched alkanes of at least 4 members (excludes halogenated alkanes) is 1. The number of carbonyl (C=O) groups excluding carboxylic acids is 2. The lowest BCUT2D eigenvalue weighted by Gasteiger charge is -2.05. The quantitative estimate of drug-likeness (QED) is 0.549. The molecule has 3 heteroatoms. The summed E-state index contributed by atoms with van der Waals surface area (Å²) in [5.74, 6) is 0.570. The number of Topliss-reactive ketones (excluding diaryl/α,β-unsaturated/α-hetero) is 1. The third kappa shape index (κ3) is 5.62. The average Bonchev–Trinajstić information content (AvgIpc) is 2.35.